The molecule has 1 amide bonds. The fraction of sp³-hybridized carbons (Fsp3) is 0.400. The van der Waals surface area contributed by atoms with Crippen LogP contribution in [0.2, 0.25) is 0 Å². The van der Waals surface area contributed by atoms with Crippen LogP contribution in [0.3, 0.4) is 0 Å². The maximum absolute atomic E-state index is 14.1. The van der Waals surface area contributed by atoms with Crippen LogP contribution < -0.4 is 19.3 Å². The Kier molecular flexibility index (Phi) is 9.74. The number of amides is 1. The third kappa shape index (κ3) is 7.41. The van der Waals surface area contributed by atoms with Gasteiger partial charge in [0, 0.05) is 44.9 Å². The minimum atomic E-state index is -3.32. The van der Waals surface area contributed by atoms with Gasteiger partial charge in [-0.25, -0.2) is 13.4 Å². The number of aromatic nitrogens is 1. The standard InChI is InChI=1S/C30H34F4N4O5S/c1-19-8-6-7-9-23(19)24-17-26(37-10-12-38(13-11-37)44(5,40)41)35-18-25(24)36(4)27(39)30(2,3)20-14-21(42-28(31)32)16-22(15-20)43-29(33)34/h6-9,14-18,28-29H,10-13H2,1-5H3. The van der Waals surface area contributed by atoms with E-state index in [1.54, 1.807) is 13.2 Å². The number of carbonyl (C=O) groups is 1. The lowest BCUT2D eigenvalue weighted by atomic mass is 9.82. The minimum absolute atomic E-state index is 0.119. The van der Waals surface area contributed by atoms with Gasteiger partial charge in [0.15, 0.2) is 0 Å². The molecule has 2 aromatic carbocycles. The summed E-state index contributed by atoms with van der Waals surface area (Å²) in [7, 11) is -1.77. The summed E-state index contributed by atoms with van der Waals surface area (Å²) in [6.45, 7) is 0.0212. The van der Waals surface area contributed by atoms with Gasteiger partial charge in [-0.15, -0.1) is 0 Å². The lowest BCUT2D eigenvalue weighted by molar-refractivity contribution is -0.122. The fourth-order valence-corrected chi connectivity index (χ4v) is 5.97. The second-order valence-corrected chi connectivity index (χ2v) is 12.9. The summed E-state index contributed by atoms with van der Waals surface area (Å²) in [5.41, 5.74) is 1.59. The van der Waals surface area contributed by atoms with Crippen molar-refractivity contribution in [2.75, 3.05) is 49.3 Å². The number of anilines is 2. The number of benzene rings is 2. The van der Waals surface area contributed by atoms with Crippen LogP contribution in [-0.2, 0) is 20.2 Å². The van der Waals surface area contributed by atoms with E-state index < -0.39 is 46.1 Å². The van der Waals surface area contributed by atoms with E-state index in [1.807, 2.05) is 42.2 Å². The third-order valence-corrected chi connectivity index (χ3v) is 8.89. The van der Waals surface area contributed by atoms with E-state index in [2.05, 4.69) is 14.5 Å². The van der Waals surface area contributed by atoms with E-state index in [-0.39, 0.29) is 5.56 Å². The second kappa shape index (κ2) is 13.0. The molecule has 14 heteroatoms. The molecule has 4 rings (SSSR count). The van der Waals surface area contributed by atoms with Crippen LogP contribution in [0.15, 0.2) is 54.7 Å². The van der Waals surface area contributed by atoms with Crippen molar-refractivity contribution in [2.45, 2.75) is 39.4 Å². The van der Waals surface area contributed by atoms with Crippen LogP contribution in [0.5, 0.6) is 11.5 Å². The maximum atomic E-state index is 14.1. The van der Waals surface area contributed by atoms with Crippen molar-refractivity contribution >= 4 is 27.4 Å². The van der Waals surface area contributed by atoms with Crippen LogP contribution in [0.25, 0.3) is 11.1 Å². The highest BCUT2D eigenvalue weighted by molar-refractivity contribution is 7.88. The number of rotatable bonds is 10. The number of piperazine rings is 1. The van der Waals surface area contributed by atoms with E-state index in [1.165, 1.54) is 41.4 Å². The fourth-order valence-electron chi connectivity index (χ4n) is 5.14. The number of nitrogens with zero attached hydrogens (tertiary/aromatic N) is 4. The first-order valence-corrected chi connectivity index (χ1v) is 15.5. The number of carbonyl (C=O) groups excluding carboxylic acids is 1. The summed E-state index contributed by atoms with van der Waals surface area (Å²) in [6, 6.07) is 12.7. The zero-order valence-corrected chi connectivity index (χ0v) is 25.7. The Morgan fingerprint density at radius 3 is 2.02 bits per heavy atom. The first kappa shape index (κ1) is 33.0. The first-order valence-electron chi connectivity index (χ1n) is 13.7. The minimum Gasteiger partial charge on any atom is -0.435 e. The van der Waals surface area contributed by atoms with Gasteiger partial charge in [0.25, 0.3) is 0 Å². The van der Waals surface area contributed by atoms with Crippen LogP contribution in [0, 0.1) is 6.92 Å². The van der Waals surface area contributed by atoms with E-state index >= 15 is 0 Å². The summed E-state index contributed by atoms with van der Waals surface area (Å²) in [4.78, 5) is 22.0. The van der Waals surface area contributed by atoms with Gasteiger partial charge >= 0.3 is 13.2 Å². The molecule has 1 fully saturated rings. The molecule has 9 nitrogen and oxygen atoms in total. The van der Waals surface area contributed by atoms with Gasteiger partial charge in [-0.2, -0.15) is 21.9 Å². The van der Waals surface area contributed by atoms with Gasteiger partial charge in [0.1, 0.15) is 17.3 Å². The zero-order chi connectivity index (χ0) is 32.4. The summed E-state index contributed by atoms with van der Waals surface area (Å²) < 4.78 is 86.3. The van der Waals surface area contributed by atoms with Crippen LogP contribution in [0.4, 0.5) is 29.1 Å². The Hall–Kier alpha value is -3.91. The van der Waals surface area contributed by atoms with Crippen LogP contribution >= 0.6 is 0 Å². The highest BCUT2D eigenvalue weighted by atomic mass is 32.2. The molecule has 1 aliphatic heterocycles. The molecular weight excluding hydrogens is 604 g/mol. The molecule has 0 atom stereocenters. The van der Waals surface area contributed by atoms with Gasteiger partial charge in [0.2, 0.25) is 15.9 Å². The van der Waals surface area contributed by atoms with Gasteiger partial charge in [0.05, 0.1) is 23.6 Å². The molecule has 0 N–H and O–H groups in total. The summed E-state index contributed by atoms with van der Waals surface area (Å²) in [5.74, 6) is -0.745. The van der Waals surface area contributed by atoms with Crippen molar-refractivity contribution in [1.29, 1.82) is 0 Å². The molecule has 2 heterocycles. The van der Waals surface area contributed by atoms with Gasteiger partial charge in [-0.05, 0) is 55.7 Å². The van der Waals surface area contributed by atoms with Crippen molar-refractivity contribution in [3.8, 4) is 22.6 Å². The smallest absolute Gasteiger partial charge is 0.387 e. The largest absolute Gasteiger partial charge is 0.435 e. The van der Waals surface area contributed by atoms with E-state index in [0.29, 0.717) is 43.2 Å². The third-order valence-electron chi connectivity index (χ3n) is 7.59. The highest BCUT2D eigenvalue weighted by Gasteiger charge is 2.36. The lowest BCUT2D eigenvalue weighted by Crippen LogP contribution is -2.48. The molecule has 0 saturated carbocycles. The van der Waals surface area contributed by atoms with Crippen molar-refractivity contribution < 1.29 is 40.2 Å². The van der Waals surface area contributed by atoms with E-state index in [0.717, 1.165) is 17.2 Å². The Labute approximate surface area is 254 Å². The Morgan fingerprint density at radius 2 is 1.50 bits per heavy atom. The molecule has 0 radical (unpaired) electrons. The van der Waals surface area contributed by atoms with Gasteiger partial charge < -0.3 is 19.3 Å². The molecule has 0 bridgehead atoms. The molecule has 1 aliphatic rings. The van der Waals surface area contributed by atoms with Crippen molar-refractivity contribution in [3.63, 3.8) is 0 Å². The number of sulfonamides is 1. The second-order valence-electron chi connectivity index (χ2n) is 11.0. The Morgan fingerprint density at radius 1 is 0.932 bits per heavy atom. The van der Waals surface area contributed by atoms with Gasteiger partial charge in [-0.1, -0.05) is 24.3 Å². The number of alkyl halides is 4. The van der Waals surface area contributed by atoms with Gasteiger partial charge in [-0.3, -0.25) is 4.79 Å². The topological polar surface area (TPSA) is 92.3 Å². The molecule has 0 aliphatic carbocycles. The zero-order valence-electron chi connectivity index (χ0n) is 24.9. The number of pyridine rings is 1. The molecule has 1 aromatic heterocycles. The molecule has 44 heavy (non-hydrogen) atoms. The van der Waals surface area contributed by atoms with Crippen molar-refractivity contribution in [2.24, 2.45) is 0 Å². The summed E-state index contributed by atoms with van der Waals surface area (Å²) in [6.07, 6.45) is 2.73. The number of hydrogen-bond acceptors (Lipinski definition) is 7. The summed E-state index contributed by atoms with van der Waals surface area (Å²) >= 11 is 0. The Bertz CT molecular complexity index is 1580. The average molecular weight is 639 g/mol. The first-order chi connectivity index (χ1) is 20.6. The molecule has 1 saturated heterocycles. The molecule has 0 spiro atoms. The number of likely N-dealkylation sites (N-methyl/N-ethyl adjacent to an activating group) is 1. The van der Waals surface area contributed by atoms with E-state index in [9.17, 15) is 30.8 Å². The molecule has 238 valence electrons. The maximum Gasteiger partial charge on any atom is 0.387 e. The van der Waals surface area contributed by atoms with Crippen LogP contribution in [-0.4, -0.2) is 76.3 Å². The predicted molar refractivity (Wildman–Crippen MR) is 159 cm³/mol. The SMILES string of the molecule is Cc1ccccc1-c1cc(N2CCN(S(C)(=O)=O)CC2)ncc1N(C)C(=O)C(C)(C)c1cc(OC(F)F)cc(OC(F)F)c1. The van der Waals surface area contributed by atoms with Crippen molar-refractivity contribution in [3.05, 3.63) is 65.9 Å². The highest BCUT2D eigenvalue weighted by Crippen LogP contribution is 2.39. The molecule has 0 unspecified atom stereocenters. The normalized spacial score (nSPS) is 14.7. The monoisotopic (exact) mass is 638 g/mol. The number of hydrogen-bond donors (Lipinski definition) is 0. The average Bonchev–Trinajstić information content (AvgIpc) is 2.95. The predicted octanol–water partition coefficient (Wildman–Crippen LogP) is 5.28. The molecule has 3 aromatic rings. The van der Waals surface area contributed by atoms with Crippen LogP contribution in [0.1, 0.15) is 25.0 Å². The number of ether oxygens (including phenoxy) is 2. The lowest BCUT2D eigenvalue weighted by Gasteiger charge is -2.35. The Balaban J connectivity index is 1.73. The number of aryl methyl sites for hydroxylation is 1. The number of halogens is 4. The van der Waals surface area contributed by atoms with Crippen molar-refractivity contribution in [1.82, 2.24) is 9.29 Å². The quantitative estimate of drug-likeness (QED) is 0.279. The molecular formula is C30H34F4N4O5S. The summed E-state index contributed by atoms with van der Waals surface area (Å²) in [5, 5.41) is 0. The van der Waals surface area contributed by atoms with E-state index in [4.69, 9.17) is 0 Å².